The van der Waals surface area contributed by atoms with Gasteiger partial charge in [0.2, 0.25) is 0 Å². The van der Waals surface area contributed by atoms with Gasteiger partial charge in [-0.2, -0.15) is 0 Å². The Balaban J connectivity index is 0.886. The Hall–Kier alpha value is 0.519. The van der Waals surface area contributed by atoms with E-state index in [2.05, 4.69) is 50.2 Å². The number of benzene rings is 1. The molecule has 8 aliphatic carbocycles. The molecule has 2 nitrogen and oxygen atoms in total. The van der Waals surface area contributed by atoms with Gasteiger partial charge in [-0.25, -0.2) is 0 Å². The third kappa shape index (κ3) is 0.925. The summed E-state index contributed by atoms with van der Waals surface area (Å²) < 4.78 is 2.51. The topological polar surface area (TPSA) is 24.1 Å². The molecule has 2 N–H and O–H groups in total. The fraction of sp³-hybridized carbons (Fsp3) is 0.870. The molecule has 20 aliphatic rings. The summed E-state index contributed by atoms with van der Waals surface area (Å²) in [6, 6.07) is 14.5. The van der Waals surface area contributed by atoms with Crippen LogP contribution in [-0.2, 0) is 10.8 Å². The average Bonchev–Trinajstić information content (AvgIpc) is 3.90. The second-order valence-corrected chi connectivity index (χ2v) is 52.6. The van der Waals surface area contributed by atoms with E-state index in [-0.39, 0.29) is 7.92 Å². The van der Waals surface area contributed by atoms with Gasteiger partial charge in [-0.15, -0.1) is 0 Å². The van der Waals surface area contributed by atoms with E-state index in [4.69, 9.17) is 0 Å². The van der Waals surface area contributed by atoms with Crippen molar-refractivity contribution in [3.05, 3.63) is 35.9 Å². The molecule has 5 heteroatoms. The van der Waals surface area contributed by atoms with Gasteiger partial charge >= 0.3 is 302 Å². The van der Waals surface area contributed by atoms with Gasteiger partial charge in [-0.3, -0.25) is 0 Å². The first kappa shape index (κ1) is 27.2. The van der Waals surface area contributed by atoms with Crippen LogP contribution in [0.5, 0.6) is 0 Å². The molecule has 20 fully saturated rings. The minimum atomic E-state index is -4.20. The molecule has 21 rings (SSSR count). The molecule has 1 aromatic rings. The maximum absolute atomic E-state index is 4.41. The molecule has 8 atom stereocenters. The van der Waals surface area contributed by atoms with Crippen LogP contribution in [0.3, 0.4) is 0 Å². The van der Waals surface area contributed by atoms with Crippen LogP contribution in [0, 0.1) is 47.3 Å². The standard InChI is InChI=1S/C41H57N2P2.C5H5.Fe/c44-41(37-8-4-10-42-37,38-9-5-11-43-38)36-23-30(29-6-2-1-3-7-29)22-35(36)24-45(39-31-14-25-12-26(16-31)17-32(39)15-25)40-33-18-27-13-28(20-33)21-34(40)19-27;1-2-4-5-3-1;/h1-3,6-7,22-23,25-28,31-34,37-40,42-43H,4-5,8-21,24,44H2;1-5H;. The fourth-order valence-electron chi connectivity index (χ4n) is 33.1. The Morgan fingerprint density at radius 2 is 1.12 bits per heavy atom. The summed E-state index contributed by atoms with van der Waals surface area (Å²) in [4.78, 5) is 9.28. The van der Waals surface area contributed by atoms with Gasteiger partial charge in [0.05, 0.1) is 0 Å². The van der Waals surface area contributed by atoms with Crippen molar-refractivity contribution in [3.63, 3.8) is 0 Å². The molecular weight excluding hydrogens is 698 g/mol. The Kier molecular flexibility index (Phi) is 2.70. The van der Waals surface area contributed by atoms with Crippen LogP contribution in [0.2, 0.25) is 42.3 Å². The zero-order valence-electron chi connectivity index (χ0n) is 30.8. The van der Waals surface area contributed by atoms with Gasteiger partial charge in [-0.05, 0) is 0 Å². The van der Waals surface area contributed by atoms with Crippen molar-refractivity contribution in [1.29, 1.82) is 0 Å². The molecule has 8 unspecified atom stereocenters. The molecule has 12 heterocycles. The van der Waals surface area contributed by atoms with Gasteiger partial charge in [0.25, 0.3) is 0 Å². The molecule has 51 heavy (non-hydrogen) atoms. The molecule has 0 radical (unpaired) electrons. The van der Waals surface area contributed by atoms with Crippen LogP contribution in [0.15, 0.2) is 30.3 Å². The first-order valence-electron chi connectivity index (χ1n) is 23.1. The molecular formula is C46H62FeN2P2. The Labute approximate surface area is 300 Å². The second kappa shape index (κ2) is 5.06. The summed E-state index contributed by atoms with van der Waals surface area (Å²) in [7, 11) is 4.18. The molecule has 8 bridgehead atoms. The maximum atomic E-state index is 4.41. The number of nitrogens with one attached hydrogen (secondary N) is 2. The first-order valence-corrected chi connectivity index (χ1v) is 31.5. The Morgan fingerprint density at radius 1 is 0.647 bits per heavy atom. The van der Waals surface area contributed by atoms with E-state index >= 15 is 0 Å². The van der Waals surface area contributed by atoms with E-state index in [9.17, 15) is 0 Å². The van der Waals surface area contributed by atoms with E-state index in [1.165, 1.54) is 83.8 Å². The second-order valence-electron chi connectivity index (χ2n) is 26.1. The molecule has 8 saturated carbocycles. The van der Waals surface area contributed by atoms with Crippen molar-refractivity contribution >= 4 is 17.2 Å². The summed E-state index contributed by atoms with van der Waals surface area (Å²) >= 11 is 0. The Morgan fingerprint density at radius 3 is 1.53 bits per heavy atom. The summed E-state index contributed by atoms with van der Waals surface area (Å²) in [5, 5.41) is 9.26. The normalized spacial score (nSPS) is 80.1. The number of hydrogen-bond donors (Lipinski definition) is 2. The number of rotatable bonds is 8. The molecule has 274 valence electrons. The molecule has 0 amide bonds. The summed E-state index contributed by atoms with van der Waals surface area (Å²) in [6.45, 7) is -1.60. The molecule has 1 aromatic carbocycles. The fourth-order valence-corrected chi connectivity index (χ4v) is 124. The molecule has 0 aromatic heterocycles. The molecule has 12 saturated heterocycles. The predicted octanol–water partition coefficient (Wildman–Crippen LogP) is 10.5. The Bertz CT molecular complexity index is 2200. The van der Waals surface area contributed by atoms with Gasteiger partial charge in [0, 0.05) is 0 Å². The SMILES string of the molecule is PC(C1CCCN1)(C1CCCN1)[C]12[CH]3[C]4(c5ccccc5)[CH]5[C]1(CP(C1C6CC7CC(C6)CC1C7)C1C6CC7CC(C6)CC1C7)[Fe]53421678[CH]2[CH]1[CH]6[CH]7[CH]28. The van der Waals surface area contributed by atoms with E-state index in [1.54, 1.807) is 64.2 Å². The van der Waals surface area contributed by atoms with Crippen LogP contribution in [0.4, 0.5) is 0 Å². The van der Waals surface area contributed by atoms with E-state index in [0.29, 0.717) is 5.16 Å². The van der Waals surface area contributed by atoms with E-state index in [1.807, 2.05) is 11.7 Å². The summed E-state index contributed by atoms with van der Waals surface area (Å²) in [5.41, 5.74) is 4.39. The zero-order valence-corrected chi connectivity index (χ0v) is 33.9. The predicted molar refractivity (Wildman–Crippen MR) is 208 cm³/mol. The third-order valence-corrected chi connectivity index (χ3v) is 79.8. The quantitative estimate of drug-likeness (QED) is 0.204. The van der Waals surface area contributed by atoms with Crippen molar-refractivity contribution in [2.75, 3.05) is 19.3 Å². The van der Waals surface area contributed by atoms with Crippen molar-refractivity contribution in [1.82, 2.24) is 10.6 Å². The third-order valence-electron chi connectivity index (χ3n) is 29.9. The molecule has 12 aliphatic heterocycles. The summed E-state index contributed by atoms with van der Waals surface area (Å²) in [5.74, 6) is 9.18. The van der Waals surface area contributed by atoms with Crippen LogP contribution >= 0.6 is 17.2 Å². The summed E-state index contributed by atoms with van der Waals surface area (Å²) in [6.07, 6.45) is 24.5. The average molecular weight is 761 g/mol. The van der Waals surface area contributed by atoms with Crippen molar-refractivity contribution < 1.29 is 6.51 Å². The van der Waals surface area contributed by atoms with Crippen LogP contribution in [0.1, 0.15) is 95.5 Å². The zero-order chi connectivity index (χ0) is 32.4. The number of hydrogen-bond acceptors (Lipinski definition) is 2. The monoisotopic (exact) mass is 760 g/mol. The van der Waals surface area contributed by atoms with Gasteiger partial charge in [-0.1, -0.05) is 0 Å². The van der Waals surface area contributed by atoms with Crippen LogP contribution in [0.25, 0.3) is 0 Å². The van der Waals surface area contributed by atoms with Crippen LogP contribution < -0.4 is 10.6 Å². The van der Waals surface area contributed by atoms with Gasteiger partial charge < -0.3 is 0 Å². The van der Waals surface area contributed by atoms with E-state index in [0.717, 1.165) is 72.4 Å². The first-order chi connectivity index (χ1) is 24.8. The van der Waals surface area contributed by atoms with Gasteiger partial charge in [0.15, 0.2) is 0 Å². The van der Waals surface area contributed by atoms with Crippen molar-refractivity contribution in [2.24, 2.45) is 47.3 Å². The van der Waals surface area contributed by atoms with Crippen LogP contribution in [-0.4, -0.2) is 47.8 Å². The van der Waals surface area contributed by atoms with Gasteiger partial charge in [0.1, 0.15) is 0 Å². The van der Waals surface area contributed by atoms with E-state index < -0.39 is 6.51 Å². The number of fused-ring (bicyclic) bond motifs is 10. The van der Waals surface area contributed by atoms with Crippen molar-refractivity contribution in [2.45, 2.75) is 165 Å². The molecule has 1 spiro atoms. The minimum absolute atomic E-state index is 0.124. The van der Waals surface area contributed by atoms with Crippen molar-refractivity contribution in [3.8, 4) is 0 Å².